The monoisotopic (exact) mass is 299 g/mol. The topological polar surface area (TPSA) is 74.2 Å². The van der Waals surface area contributed by atoms with Crippen molar-refractivity contribution in [1.82, 2.24) is 10.3 Å². The van der Waals surface area contributed by atoms with Gasteiger partial charge >= 0.3 is 6.03 Å². The lowest BCUT2D eigenvalue weighted by Gasteiger charge is -2.18. The lowest BCUT2D eigenvalue weighted by Crippen LogP contribution is -2.37. The molecule has 0 saturated heterocycles. The van der Waals surface area contributed by atoms with E-state index < -0.39 is 6.10 Å². The molecular formula is C17H21N3O2. The molecular weight excluding hydrogens is 278 g/mol. The zero-order chi connectivity index (χ0) is 15.9. The Morgan fingerprint density at radius 2 is 2.00 bits per heavy atom. The molecule has 0 aliphatic heterocycles. The van der Waals surface area contributed by atoms with Crippen molar-refractivity contribution in [2.24, 2.45) is 0 Å². The molecule has 2 rings (SSSR count). The van der Waals surface area contributed by atoms with Gasteiger partial charge in [0.2, 0.25) is 0 Å². The first-order valence-electron chi connectivity index (χ1n) is 7.28. The average Bonchev–Trinajstić information content (AvgIpc) is 2.47. The Kier molecular flexibility index (Phi) is 5.49. The van der Waals surface area contributed by atoms with Crippen molar-refractivity contribution in [2.75, 3.05) is 5.32 Å². The fourth-order valence-corrected chi connectivity index (χ4v) is 2.22. The number of anilines is 1. The predicted molar refractivity (Wildman–Crippen MR) is 86.6 cm³/mol. The molecule has 0 saturated carbocycles. The minimum absolute atomic E-state index is 0.154. The molecule has 2 amide bonds. The number of urea groups is 1. The van der Waals surface area contributed by atoms with E-state index in [1.54, 1.807) is 18.3 Å². The molecule has 0 aliphatic carbocycles. The number of aliphatic hydroxyl groups excluding tert-OH is 1. The zero-order valence-electron chi connectivity index (χ0n) is 12.8. The number of amides is 2. The third-order valence-corrected chi connectivity index (χ3v) is 3.29. The lowest BCUT2D eigenvalue weighted by molar-refractivity contribution is 0.155. The molecule has 2 atom stereocenters. The molecule has 116 valence electrons. The number of hydrogen-bond donors (Lipinski definition) is 3. The Morgan fingerprint density at radius 3 is 2.68 bits per heavy atom. The number of hydrogen-bond acceptors (Lipinski definition) is 3. The van der Waals surface area contributed by atoms with Crippen molar-refractivity contribution in [1.29, 1.82) is 0 Å². The van der Waals surface area contributed by atoms with E-state index in [1.807, 2.05) is 44.2 Å². The van der Waals surface area contributed by atoms with E-state index in [9.17, 15) is 9.90 Å². The molecule has 1 heterocycles. The number of nitrogens with zero attached hydrogens (tertiary/aromatic N) is 1. The van der Waals surface area contributed by atoms with Gasteiger partial charge in [-0.2, -0.15) is 0 Å². The molecule has 5 heteroatoms. The number of pyridine rings is 1. The highest BCUT2D eigenvalue weighted by Gasteiger charge is 2.14. The summed E-state index contributed by atoms with van der Waals surface area (Å²) in [7, 11) is 0. The summed E-state index contributed by atoms with van der Waals surface area (Å²) in [6.07, 6.45) is 1.50. The second kappa shape index (κ2) is 7.56. The maximum Gasteiger partial charge on any atom is 0.319 e. The minimum atomic E-state index is -0.598. The molecule has 2 unspecified atom stereocenters. The van der Waals surface area contributed by atoms with Crippen LogP contribution in [0.1, 0.15) is 30.7 Å². The molecule has 0 radical (unpaired) electrons. The van der Waals surface area contributed by atoms with Gasteiger partial charge in [0.25, 0.3) is 0 Å². The van der Waals surface area contributed by atoms with Crippen LogP contribution in [0.2, 0.25) is 0 Å². The Hall–Kier alpha value is -2.40. The first-order valence-corrected chi connectivity index (χ1v) is 7.28. The molecule has 1 aromatic carbocycles. The molecule has 5 nitrogen and oxygen atoms in total. The molecule has 1 aromatic heterocycles. The number of aryl methyl sites for hydroxylation is 1. The third kappa shape index (κ3) is 4.86. The summed E-state index contributed by atoms with van der Waals surface area (Å²) in [5.74, 6) is 0. The first-order chi connectivity index (χ1) is 10.5. The Bertz CT molecular complexity index is 616. The van der Waals surface area contributed by atoms with Crippen molar-refractivity contribution in [2.45, 2.75) is 32.4 Å². The summed E-state index contributed by atoms with van der Waals surface area (Å²) in [5.41, 5.74) is 2.38. The maximum atomic E-state index is 11.9. The number of aromatic nitrogens is 1. The van der Waals surface area contributed by atoms with Gasteiger partial charge < -0.3 is 15.7 Å². The third-order valence-electron chi connectivity index (χ3n) is 3.29. The fourth-order valence-electron chi connectivity index (χ4n) is 2.22. The number of rotatable bonds is 5. The average molecular weight is 299 g/mol. The molecule has 0 fully saturated rings. The van der Waals surface area contributed by atoms with E-state index in [0.717, 1.165) is 11.3 Å². The molecule has 3 N–H and O–H groups in total. The van der Waals surface area contributed by atoms with Gasteiger partial charge in [-0.3, -0.25) is 4.98 Å². The molecule has 0 aliphatic rings. The molecule has 0 spiro atoms. The smallest absolute Gasteiger partial charge is 0.319 e. The maximum absolute atomic E-state index is 11.9. The van der Waals surface area contributed by atoms with Gasteiger partial charge in [0.05, 0.1) is 6.10 Å². The standard InChI is InChI=1S/C17H21N3O2/c1-12-10-15(8-9-18-12)20-17(22)19-13(2)11-16(21)14-6-4-3-5-7-14/h3-10,13,16,21H,11H2,1-2H3,(H2,18,19,20,22). The number of nitrogens with one attached hydrogen (secondary N) is 2. The van der Waals surface area contributed by atoms with Crippen LogP contribution in [0.25, 0.3) is 0 Å². The Balaban J connectivity index is 1.83. The largest absolute Gasteiger partial charge is 0.388 e. The summed E-state index contributed by atoms with van der Waals surface area (Å²) >= 11 is 0. The van der Waals surface area contributed by atoms with Gasteiger partial charge in [0, 0.05) is 23.6 Å². The van der Waals surface area contributed by atoms with E-state index in [0.29, 0.717) is 12.1 Å². The van der Waals surface area contributed by atoms with E-state index in [2.05, 4.69) is 15.6 Å². The van der Waals surface area contributed by atoms with E-state index in [1.165, 1.54) is 0 Å². The van der Waals surface area contributed by atoms with Gasteiger partial charge in [-0.1, -0.05) is 30.3 Å². The minimum Gasteiger partial charge on any atom is -0.388 e. The van der Waals surface area contributed by atoms with Crippen LogP contribution in [0.5, 0.6) is 0 Å². The van der Waals surface area contributed by atoms with Crippen LogP contribution in [0.15, 0.2) is 48.7 Å². The molecule has 2 aromatic rings. The second-order valence-corrected chi connectivity index (χ2v) is 5.35. The molecule has 22 heavy (non-hydrogen) atoms. The van der Waals surface area contributed by atoms with Crippen LogP contribution in [0.3, 0.4) is 0 Å². The van der Waals surface area contributed by atoms with Gasteiger partial charge in [0.1, 0.15) is 0 Å². The van der Waals surface area contributed by atoms with Crippen LogP contribution in [0.4, 0.5) is 10.5 Å². The van der Waals surface area contributed by atoms with E-state index in [4.69, 9.17) is 0 Å². The van der Waals surface area contributed by atoms with Crippen LogP contribution in [-0.2, 0) is 0 Å². The highest BCUT2D eigenvalue weighted by molar-refractivity contribution is 5.89. The van der Waals surface area contributed by atoms with Gasteiger partial charge in [0.15, 0.2) is 0 Å². The summed E-state index contributed by atoms with van der Waals surface area (Å²) in [4.78, 5) is 16.0. The van der Waals surface area contributed by atoms with Crippen molar-refractivity contribution in [3.63, 3.8) is 0 Å². The summed E-state index contributed by atoms with van der Waals surface area (Å²) < 4.78 is 0. The fraction of sp³-hybridized carbons (Fsp3) is 0.294. The summed E-state index contributed by atoms with van der Waals surface area (Å²) in [6, 6.07) is 12.5. The Labute approximate surface area is 130 Å². The SMILES string of the molecule is Cc1cc(NC(=O)NC(C)CC(O)c2ccccc2)ccn1. The number of carbonyl (C=O) groups excluding carboxylic acids is 1. The van der Waals surface area contributed by atoms with Crippen molar-refractivity contribution < 1.29 is 9.90 Å². The first kappa shape index (κ1) is 16.0. The highest BCUT2D eigenvalue weighted by Crippen LogP contribution is 2.17. The van der Waals surface area contributed by atoms with Crippen LogP contribution >= 0.6 is 0 Å². The van der Waals surface area contributed by atoms with Crippen LogP contribution in [0, 0.1) is 6.92 Å². The normalized spacial score (nSPS) is 13.2. The predicted octanol–water partition coefficient (Wildman–Crippen LogP) is 3.02. The Morgan fingerprint density at radius 1 is 1.27 bits per heavy atom. The summed E-state index contributed by atoms with van der Waals surface area (Å²) in [6.45, 7) is 3.73. The van der Waals surface area contributed by atoms with Gasteiger partial charge in [-0.05, 0) is 38.0 Å². The van der Waals surface area contributed by atoms with Crippen molar-refractivity contribution in [3.8, 4) is 0 Å². The van der Waals surface area contributed by atoms with E-state index >= 15 is 0 Å². The van der Waals surface area contributed by atoms with Crippen LogP contribution in [-0.4, -0.2) is 22.2 Å². The highest BCUT2D eigenvalue weighted by atomic mass is 16.3. The number of carbonyl (C=O) groups is 1. The quantitative estimate of drug-likeness (QED) is 0.794. The number of benzene rings is 1. The molecule has 0 bridgehead atoms. The lowest BCUT2D eigenvalue weighted by atomic mass is 10.0. The number of aliphatic hydroxyl groups is 1. The second-order valence-electron chi connectivity index (χ2n) is 5.35. The van der Waals surface area contributed by atoms with Crippen molar-refractivity contribution >= 4 is 11.7 Å². The zero-order valence-corrected chi connectivity index (χ0v) is 12.8. The van der Waals surface area contributed by atoms with Crippen molar-refractivity contribution in [3.05, 3.63) is 59.9 Å². The summed E-state index contributed by atoms with van der Waals surface area (Å²) in [5, 5.41) is 15.7. The van der Waals surface area contributed by atoms with E-state index in [-0.39, 0.29) is 12.1 Å². The van der Waals surface area contributed by atoms with Gasteiger partial charge in [-0.25, -0.2) is 4.79 Å². The van der Waals surface area contributed by atoms with Gasteiger partial charge in [-0.15, -0.1) is 0 Å². The van der Waals surface area contributed by atoms with Crippen LogP contribution < -0.4 is 10.6 Å².